The van der Waals surface area contributed by atoms with E-state index < -0.39 is 53.8 Å². The van der Waals surface area contributed by atoms with Crippen molar-refractivity contribution in [3.63, 3.8) is 0 Å². The fraction of sp³-hybridized carbons (Fsp3) is 0.677. The van der Waals surface area contributed by atoms with Gasteiger partial charge in [0, 0.05) is 29.4 Å². The molecule has 1 spiro atoms. The number of carbonyl (C=O) groups excluding carboxylic acids is 2. The van der Waals surface area contributed by atoms with Crippen molar-refractivity contribution in [2.75, 3.05) is 13.6 Å². The van der Waals surface area contributed by atoms with Crippen LogP contribution in [0.5, 0.6) is 11.5 Å². The highest BCUT2D eigenvalue weighted by Crippen LogP contribution is 2.62. The van der Waals surface area contributed by atoms with Crippen LogP contribution in [0.1, 0.15) is 69.4 Å². The maximum atomic E-state index is 12.9. The van der Waals surface area contributed by atoms with Crippen LogP contribution in [0.3, 0.4) is 0 Å². The number of nitrogens with zero attached hydrogens (tertiary/aromatic N) is 1. The van der Waals surface area contributed by atoms with Crippen molar-refractivity contribution in [3.05, 3.63) is 35.4 Å². The third kappa shape index (κ3) is 5.23. The second-order valence-electron chi connectivity index (χ2n) is 12.2. The number of aliphatic hydroxyl groups excluding tert-OH is 5. The summed E-state index contributed by atoms with van der Waals surface area (Å²) in [5.41, 5.74) is 1.50. The molecule has 0 amide bonds. The van der Waals surface area contributed by atoms with Crippen molar-refractivity contribution in [1.82, 2.24) is 4.90 Å². The predicted molar refractivity (Wildman–Crippen MR) is 149 cm³/mol. The highest BCUT2D eigenvalue weighted by molar-refractivity contribution is 5.84. The van der Waals surface area contributed by atoms with Crippen LogP contribution in [-0.2, 0) is 21.4 Å². The number of esters is 1. The molecule has 5 N–H and O–H groups in total. The first kappa shape index (κ1) is 30.1. The third-order valence-electron chi connectivity index (χ3n) is 9.69. The normalized spacial score (nSPS) is 30.6. The predicted octanol–water partition coefficient (Wildman–Crippen LogP) is 1.16. The standard InChI is InChI=1S/C31H43NO9/c1-3-4-5-6-7-8-9-20(33)24(35)25(36)26(37)27(38)30(39)40-22-13-10-17-16-19-18-11-12-21(34)29-31(18,14-15-32(19)2)23(17)28(22)41-29/h10-13,18-19,21,24-27,29,34-38H,3-9,14-16H2,1-2H3/t18-,19+,21-,24-,25+,26-,27-,29-,31-/m0/s1. The number of piperidine rings is 1. The minimum absolute atomic E-state index is 0.0225. The number of Topliss-reactive ketones (excluding diaryl/α,β-unsaturated/α-hetero) is 1. The lowest BCUT2D eigenvalue weighted by molar-refractivity contribution is -0.163. The molecule has 1 aromatic carbocycles. The molecule has 2 aliphatic carbocycles. The molecule has 0 saturated carbocycles. The highest BCUT2D eigenvalue weighted by atomic mass is 16.6. The van der Waals surface area contributed by atoms with Gasteiger partial charge >= 0.3 is 5.97 Å². The minimum Gasteiger partial charge on any atom is -0.482 e. The van der Waals surface area contributed by atoms with Crippen LogP contribution in [0.2, 0.25) is 0 Å². The van der Waals surface area contributed by atoms with Crippen molar-refractivity contribution in [2.45, 2.75) is 113 Å². The molecule has 1 aromatic rings. The molecule has 2 heterocycles. The Hall–Kier alpha value is -2.34. The van der Waals surface area contributed by atoms with E-state index in [1.54, 1.807) is 12.1 Å². The third-order valence-corrected chi connectivity index (χ3v) is 9.69. The van der Waals surface area contributed by atoms with Crippen LogP contribution in [0.15, 0.2) is 24.3 Å². The lowest BCUT2D eigenvalue weighted by Crippen LogP contribution is -2.64. The van der Waals surface area contributed by atoms with E-state index in [0.29, 0.717) is 12.2 Å². The molecule has 9 atom stereocenters. The zero-order valence-corrected chi connectivity index (χ0v) is 23.8. The second-order valence-corrected chi connectivity index (χ2v) is 12.2. The fourth-order valence-corrected chi connectivity index (χ4v) is 7.41. The van der Waals surface area contributed by atoms with Crippen molar-refractivity contribution >= 4 is 11.8 Å². The van der Waals surface area contributed by atoms with E-state index in [4.69, 9.17) is 9.47 Å². The number of benzene rings is 1. The zero-order chi connectivity index (χ0) is 29.5. The van der Waals surface area contributed by atoms with Gasteiger partial charge in [-0.2, -0.15) is 0 Å². The SMILES string of the molecule is CCCCCCCCC(=O)[C@H](O)[C@@H](O)[C@H](O)[C@H](O)C(=O)Oc1ccc2c3c1O[C@H]1[C@@H](O)C=C[C@H]4[C@@H](C2)N(C)CC[C@@]341. The maximum absolute atomic E-state index is 12.9. The summed E-state index contributed by atoms with van der Waals surface area (Å²) in [7, 11) is 2.10. The Balaban J connectivity index is 1.26. The molecule has 2 bridgehead atoms. The van der Waals surface area contributed by atoms with E-state index in [-0.39, 0.29) is 24.1 Å². The molecule has 0 aromatic heterocycles. The van der Waals surface area contributed by atoms with E-state index in [1.165, 1.54) is 0 Å². The first-order valence-corrected chi connectivity index (χ1v) is 15.0. The van der Waals surface area contributed by atoms with Gasteiger partial charge < -0.3 is 39.9 Å². The lowest BCUT2D eigenvalue weighted by atomic mass is 9.53. The zero-order valence-electron chi connectivity index (χ0n) is 23.8. The van der Waals surface area contributed by atoms with E-state index in [1.807, 2.05) is 6.07 Å². The Morgan fingerprint density at radius 1 is 1.05 bits per heavy atom. The molecule has 0 unspecified atom stereocenters. The number of unbranched alkanes of at least 4 members (excludes halogenated alkanes) is 5. The Morgan fingerprint density at radius 2 is 1.76 bits per heavy atom. The van der Waals surface area contributed by atoms with Gasteiger partial charge in [0.25, 0.3) is 0 Å². The summed E-state index contributed by atoms with van der Waals surface area (Å²) in [4.78, 5) is 27.6. The highest BCUT2D eigenvalue weighted by Gasteiger charge is 2.64. The largest absolute Gasteiger partial charge is 0.482 e. The van der Waals surface area contributed by atoms with Crippen molar-refractivity contribution < 1.29 is 44.6 Å². The van der Waals surface area contributed by atoms with E-state index >= 15 is 0 Å². The Labute approximate surface area is 240 Å². The van der Waals surface area contributed by atoms with Crippen LogP contribution in [0, 0.1) is 5.92 Å². The van der Waals surface area contributed by atoms with Gasteiger partial charge in [-0.05, 0) is 44.5 Å². The van der Waals surface area contributed by atoms with Crippen molar-refractivity contribution in [3.8, 4) is 11.5 Å². The molecule has 0 radical (unpaired) electrons. The minimum atomic E-state index is -2.22. The first-order chi connectivity index (χ1) is 19.6. The van der Waals surface area contributed by atoms with Crippen LogP contribution in [0.4, 0.5) is 0 Å². The van der Waals surface area contributed by atoms with Crippen molar-refractivity contribution in [2.24, 2.45) is 5.92 Å². The van der Waals surface area contributed by atoms with E-state index in [9.17, 15) is 35.1 Å². The van der Waals surface area contributed by atoms with Crippen molar-refractivity contribution in [1.29, 1.82) is 0 Å². The van der Waals surface area contributed by atoms with Gasteiger partial charge in [0.1, 0.15) is 30.5 Å². The number of ether oxygens (including phenoxy) is 2. The summed E-state index contributed by atoms with van der Waals surface area (Å²) in [6.45, 7) is 2.94. The van der Waals surface area contributed by atoms with Gasteiger partial charge in [-0.3, -0.25) is 4.79 Å². The first-order valence-electron chi connectivity index (χ1n) is 15.0. The molecule has 5 rings (SSSR count). The number of aliphatic hydroxyl groups is 5. The number of carbonyl (C=O) groups is 2. The summed E-state index contributed by atoms with van der Waals surface area (Å²) >= 11 is 0. The number of hydrogen-bond acceptors (Lipinski definition) is 10. The summed E-state index contributed by atoms with van der Waals surface area (Å²) in [5, 5.41) is 52.5. The maximum Gasteiger partial charge on any atom is 0.343 e. The molecular formula is C31H43NO9. The van der Waals surface area contributed by atoms with Gasteiger partial charge in [0.05, 0.1) is 0 Å². The van der Waals surface area contributed by atoms with Gasteiger partial charge in [-0.15, -0.1) is 0 Å². The molecule has 41 heavy (non-hydrogen) atoms. The topological polar surface area (TPSA) is 157 Å². The van der Waals surface area contributed by atoms with E-state index in [2.05, 4.69) is 24.9 Å². The van der Waals surface area contributed by atoms with Gasteiger partial charge in [-0.1, -0.05) is 57.2 Å². The number of hydrogen-bond donors (Lipinski definition) is 5. The van der Waals surface area contributed by atoms with Crippen LogP contribution >= 0.6 is 0 Å². The molecule has 4 aliphatic rings. The second kappa shape index (κ2) is 12.1. The molecule has 2 aliphatic heterocycles. The number of likely N-dealkylation sites (N-methyl/N-ethyl adjacent to an activating group) is 1. The number of ketones is 1. The summed E-state index contributed by atoms with van der Waals surface area (Å²) in [6.07, 6.45) is 1.23. The van der Waals surface area contributed by atoms with Gasteiger partial charge in [0.15, 0.2) is 23.4 Å². The molecule has 1 fully saturated rings. The van der Waals surface area contributed by atoms with Gasteiger partial charge in [-0.25, -0.2) is 4.79 Å². The molecule has 226 valence electrons. The molecule has 10 heteroatoms. The monoisotopic (exact) mass is 573 g/mol. The average Bonchev–Trinajstić information content (AvgIpc) is 3.33. The number of rotatable bonds is 13. The molecular weight excluding hydrogens is 530 g/mol. The van der Waals surface area contributed by atoms with E-state index in [0.717, 1.165) is 62.6 Å². The fourth-order valence-electron chi connectivity index (χ4n) is 7.41. The summed E-state index contributed by atoms with van der Waals surface area (Å²) < 4.78 is 11.8. The summed E-state index contributed by atoms with van der Waals surface area (Å²) in [5.74, 6) is -1.42. The quantitative estimate of drug-likeness (QED) is 0.100. The molecule has 1 saturated heterocycles. The molecule has 10 nitrogen and oxygen atoms in total. The smallest absolute Gasteiger partial charge is 0.343 e. The van der Waals surface area contributed by atoms with Gasteiger partial charge in [0.2, 0.25) is 0 Å². The average molecular weight is 574 g/mol. The number of likely N-dealkylation sites (tertiary alicyclic amines) is 1. The Kier molecular flexibility index (Phi) is 8.90. The van der Waals surface area contributed by atoms with Crippen LogP contribution in [-0.4, -0.2) is 98.4 Å². The van der Waals surface area contributed by atoms with Crippen LogP contribution in [0.25, 0.3) is 0 Å². The Morgan fingerprint density at radius 3 is 2.51 bits per heavy atom. The summed E-state index contributed by atoms with van der Waals surface area (Å²) in [6, 6.07) is 3.69. The lowest BCUT2D eigenvalue weighted by Gasteiger charge is -2.56. The Bertz CT molecular complexity index is 1170. The van der Waals surface area contributed by atoms with Crippen LogP contribution < -0.4 is 9.47 Å².